The summed E-state index contributed by atoms with van der Waals surface area (Å²) >= 11 is 0. The second-order valence-electron chi connectivity index (χ2n) is 6.54. The number of hydrogen-bond acceptors (Lipinski definition) is 6. The van der Waals surface area contributed by atoms with Crippen LogP contribution in [0, 0.1) is 10.1 Å². The minimum Gasteiger partial charge on any atom is -0.485 e. The van der Waals surface area contributed by atoms with Gasteiger partial charge >= 0.3 is 0 Å². The van der Waals surface area contributed by atoms with Gasteiger partial charge in [0.15, 0.2) is 0 Å². The number of benzene rings is 1. The molecule has 0 saturated carbocycles. The molecule has 0 amide bonds. The van der Waals surface area contributed by atoms with Gasteiger partial charge in [-0.15, -0.1) is 0 Å². The number of fused-ring (bicyclic) bond motifs is 1. The summed E-state index contributed by atoms with van der Waals surface area (Å²) in [6.07, 6.45) is 1.37. The van der Waals surface area contributed by atoms with Crippen molar-refractivity contribution in [1.29, 1.82) is 0 Å². The second-order valence-corrected chi connectivity index (χ2v) is 6.54. The number of likely N-dealkylation sites (tertiary alicyclic amines) is 1. The predicted octanol–water partition coefficient (Wildman–Crippen LogP) is 2.48. The molecule has 7 nitrogen and oxygen atoms in total. The number of rotatable bonds is 2. The van der Waals surface area contributed by atoms with Crippen molar-refractivity contribution in [2.24, 2.45) is 0 Å². The number of nitro groups is 1. The van der Waals surface area contributed by atoms with Gasteiger partial charge in [-0.25, -0.2) is 0 Å². The van der Waals surface area contributed by atoms with E-state index in [9.17, 15) is 15.2 Å². The summed E-state index contributed by atoms with van der Waals surface area (Å²) in [4.78, 5) is 12.8. The molecular formula is C16H25N3O4. The number of anilines is 1. The van der Waals surface area contributed by atoms with Crippen LogP contribution >= 0.6 is 0 Å². The highest BCUT2D eigenvalue weighted by atomic mass is 16.6. The molecule has 0 bridgehead atoms. The van der Waals surface area contributed by atoms with Crippen molar-refractivity contribution in [3.63, 3.8) is 0 Å². The third-order valence-corrected chi connectivity index (χ3v) is 4.59. The highest BCUT2D eigenvalue weighted by Gasteiger charge is 2.46. The van der Waals surface area contributed by atoms with E-state index in [0.717, 1.165) is 25.9 Å². The molecule has 0 aliphatic carbocycles. The molecule has 1 saturated heterocycles. The van der Waals surface area contributed by atoms with Crippen LogP contribution in [0.3, 0.4) is 0 Å². The van der Waals surface area contributed by atoms with Crippen LogP contribution in [-0.4, -0.2) is 39.7 Å². The minimum atomic E-state index is -0.775. The predicted molar refractivity (Wildman–Crippen MR) is 88.5 cm³/mol. The van der Waals surface area contributed by atoms with Crippen molar-refractivity contribution < 1.29 is 14.8 Å². The molecule has 2 atom stereocenters. The van der Waals surface area contributed by atoms with E-state index in [0.29, 0.717) is 11.3 Å². The number of aliphatic hydroxyl groups excluding tert-OH is 1. The number of aliphatic hydroxyl groups is 1. The highest BCUT2D eigenvalue weighted by Crippen LogP contribution is 2.46. The fraction of sp³-hybridized carbons (Fsp3) is 0.625. The van der Waals surface area contributed by atoms with Crippen molar-refractivity contribution >= 4 is 11.4 Å². The van der Waals surface area contributed by atoms with Crippen LogP contribution in [-0.2, 0) is 0 Å². The van der Waals surface area contributed by atoms with Gasteiger partial charge in [-0.3, -0.25) is 15.0 Å². The van der Waals surface area contributed by atoms with Crippen molar-refractivity contribution in [1.82, 2.24) is 4.90 Å². The number of nitrogens with two attached hydrogens (primary N) is 1. The van der Waals surface area contributed by atoms with E-state index in [2.05, 4.69) is 4.90 Å². The number of ether oxygens (including phenoxy) is 1. The van der Waals surface area contributed by atoms with Crippen molar-refractivity contribution in [2.45, 2.75) is 51.9 Å². The molecule has 0 spiro atoms. The lowest BCUT2D eigenvalue weighted by molar-refractivity contribution is -0.384. The maximum Gasteiger partial charge on any atom is 0.292 e. The van der Waals surface area contributed by atoms with E-state index in [-0.39, 0.29) is 24.8 Å². The summed E-state index contributed by atoms with van der Waals surface area (Å²) in [6, 6.07) is 2.65. The summed E-state index contributed by atoms with van der Waals surface area (Å²) in [5.74, 6) is 0.523. The zero-order valence-corrected chi connectivity index (χ0v) is 12.8. The minimum absolute atomic E-state index is 0. The zero-order chi connectivity index (χ0) is 16.1. The molecule has 7 heteroatoms. The lowest BCUT2D eigenvalue weighted by Crippen LogP contribution is -2.53. The van der Waals surface area contributed by atoms with Gasteiger partial charge in [0.1, 0.15) is 23.1 Å². The molecule has 23 heavy (non-hydrogen) atoms. The van der Waals surface area contributed by atoms with Gasteiger partial charge < -0.3 is 15.6 Å². The lowest BCUT2D eigenvalue weighted by Gasteiger charge is -2.45. The van der Waals surface area contributed by atoms with Crippen LogP contribution in [0.4, 0.5) is 11.4 Å². The topological polar surface area (TPSA) is 102 Å². The Morgan fingerprint density at radius 1 is 1.39 bits per heavy atom. The van der Waals surface area contributed by atoms with Crippen molar-refractivity contribution in [2.75, 3.05) is 18.8 Å². The number of hydrogen-bond donors (Lipinski definition) is 2. The summed E-state index contributed by atoms with van der Waals surface area (Å²) in [6.45, 7) is 5.38. The highest BCUT2D eigenvalue weighted by molar-refractivity contribution is 5.65. The van der Waals surface area contributed by atoms with E-state index in [4.69, 9.17) is 10.5 Å². The molecule has 128 valence electrons. The van der Waals surface area contributed by atoms with E-state index >= 15 is 0 Å². The number of nitrogens with zero attached hydrogens (tertiary/aromatic N) is 2. The van der Waals surface area contributed by atoms with E-state index in [1.165, 1.54) is 12.1 Å². The monoisotopic (exact) mass is 323 g/mol. The normalized spacial score (nSPS) is 26.0. The quantitative estimate of drug-likeness (QED) is 0.492. The molecule has 3 rings (SSSR count). The van der Waals surface area contributed by atoms with Crippen LogP contribution in [0.25, 0.3) is 0 Å². The Balaban J connectivity index is 0.00000192. The van der Waals surface area contributed by atoms with Gasteiger partial charge in [0.2, 0.25) is 0 Å². The molecule has 3 N–H and O–H groups in total. The van der Waals surface area contributed by atoms with Crippen LogP contribution < -0.4 is 10.5 Å². The van der Waals surface area contributed by atoms with Gasteiger partial charge in [-0.2, -0.15) is 0 Å². The zero-order valence-electron chi connectivity index (χ0n) is 12.8. The van der Waals surface area contributed by atoms with Gasteiger partial charge in [0.25, 0.3) is 5.69 Å². The fourth-order valence-corrected chi connectivity index (χ4v) is 3.39. The largest absolute Gasteiger partial charge is 0.485 e. The third kappa shape index (κ3) is 2.86. The van der Waals surface area contributed by atoms with Crippen molar-refractivity contribution in [3.8, 4) is 5.75 Å². The van der Waals surface area contributed by atoms with Crippen molar-refractivity contribution in [3.05, 3.63) is 27.8 Å². The van der Waals surface area contributed by atoms with Gasteiger partial charge in [0.05, 0.1) is 11.0 Å². The molecular weight excluding hydrogens is 298 g/mol. The third-order valence-electron chi connectivity index (χ3n) is 4.59. The number of nitro benzene ring substituents is 1. The van der Waals surface area contributed by atoms with Gasteiger partial charge in [-0.05, 0) is 39.8 Å². The molecule has 2 heterocycles. The Bertz CT molecular complexity index is 612. The Labute approximate surface area is 136 Å². The first-order valence-electron chi connectivity index (χ1n) is 7.50. The smallest absolute Gasteiger partial charge is 0.292 e. The Morgan fingerprint density at radius 3 is 2.57 bits per heavy atom. The standard InChI is InChI=1S/C15H21N3O4.CH4/c1-15(2)14(19)13(17-5-3-4-6-17)9-7-11(18(20)21)10(16)8-12(9)22-15;/h7-8,13-14,19H,3-6,16H2,1-2H3;1H4. The molecule has 1 aromatic carbocycles. The molecule has 0 radical (unpaired) electrons. The summed E-state index contributed by atoms with van der Waals surface area (Å²) in [7, 11) is 0. The Morgan fingerprint density at radius 2 is 2.00 bits per heavy atom. The summed E-state index contributed by atoms with van der Waals surface area (Å²) in [5, 5.41) is 21.9. The second kappa shape index (κ2) is 5.98. The SMILES string of the molecule is C.CC1(C)Oc2cc(N)c([N+](=O)[O-])cc2C(N2CCCC2)C1O. The molecule has 2 aliphatic rings. The summed E-state index contributed by atoms with van der Waals surface area (Å²) in [5.41, 5.74) is 5.58. The summed E-state index contributed by atoms with van der Waals surface area (Å²) < 4.78 is 5.86. The van der Waals surface area contributed by atoms with E-state index in [1.54, 1.807) is 0 Å². The first-order chi connectivity index (χ1) is 10.3. The first-order valence-corrected chi connectivity index (χ1v) is 7.50. The van der Waals surface area contributed by atoms with E-state index < -0.39 is 16.6 Å². The van der Waals surface area contributed by atoms with Crippen LogP contribution in [0.15, 0.2) is 12.1 Å². The molecule has 1 fully saturated rings. The molecule has 2 unspecified atom stereocenters. The van der Waals surface area contributed by atoms with Crippen LogP contribution in [0.5, 0.6) is 5.75 Å². The maximum atomic E-state index is 11.2. The Hall–Kier alpha value is -1.86. The lowest BCUT2D eigenvalue weighted by atomic mass is 9.85. The average molecular weight is 323 g/mol. The number of nitrogen functional groups attached to an aromatic ring is 1. The maximum absolute atomic E-state index is 11.2. The van der Waals surface area contributed by atoms with Gasteiger partial charge in [0, 0.05) is 17.7 Å². The average Bonchev–Trinajstić information content (AvgIpc) is 2.93. The first kappa shape index (κ1) is 17.5. The molecule has 1 aromatic rings. The molecule has 0 aromatic heterocycles. The van der Waals surface area contributed by atoms with Gasteiger partial charge in [-0.1, -0.05) is 7.43 Å². The molecule has 2 aliphatic heterocycles. The van der Waals surface area contributed by atoms with Crippen LogP contribution in [0.1, 0.15) is 45.7 Å². The van der Waals surface area contributed by atoms with Crippen LogP contribution in [0.2, 0.25) is 0 Å². The van der Waals surface area contributed by atoms with E-state index in [1.807, 2.05) is 13.8 Å². The fourth-order valence-electron chi connectivity index (χ4n) is 3.39. The Kier molecular flexibility index (Phi) is 4.54.